The Morgan fingerprint density at radius 3 is 2.50 bits per heavy atom. The minimum atomic E-state index is -1.08. The van der Waals surface area contributed by atoms with Crippen LogP contribution in [0.1, 0.15) is 5.56 Å². The van der Waals surface area contributed by atoms with Crippen LogP contribution in [-0.4, -0.2) is 36.0 Å². The molecule has 0 atom stereocenters. The molecule has 0 unspecified atom stereocenters. The van der Waals surface area contributed by atoms with Crippen molar-refractivity contribution in [2.45, 2.75) is 6.54 Å². The highest BCUT2D eigenvalue weighted by atomic mass is 35.5. The maximum Gasteiger partial charge on any atom is 0.323 e. The van der Waals surface area contributed by atoms with Crippen LogP contribution in [-0.2, 0) is 16.1 Å². The summed E-state index contributed by atoms with van der Waals surface area (Å²) in [5, 5.41) is 10.6. The van der Waals surface area contributed by atoms with E-state index < -0.39 is 5.97 Å². The molecule has 0 bridgehead atoms. The Morgan fingerprint density at radius 1 is 1.25 bits per heavy atom. The molecule has 0 aliphatic rings. The van der Waals surface area contributed by atoms with E-state index in [0.717, 1.165) is 6.20 Å². The van der Waals surface area contributed by atoms with Gasteiger partial charge in [-0.3, -0.25) is 14.4 Å². The first-order valence-electron chi connectivity index (χ1n) is 8.35. The topological polar surface area (TPSA) is 106 Å². The number of pyridine rings is 1. The van der Waals surface area contributed by atoms with Gasteiger partial charge < -0.3 is 20.3 Å². The highest BCUT2D eigenvalue weighted by molar-refractivity contribution is 6.35. The third-order valence-electron chi connectivity index (χ3n) is 4.53. The van der Waals surface area contributed by atoms with Gasteiger partial charge in [-0.1, -0.05) is 17.7 Å². The SMILES string of the molecule is CN(C)c1c(Cl)ccc2c(=O)c3ccc(/C(C=O)=C/N)cc3n(CC(=O)O)c12. The maximum absolute atomic E-state index is 13.1. The zero-order valence-corrected chi connectivity index (χ0v) is 16.0. The number of fused-ring (bicyclic) bond motifs is 2. The Kier molecular flexibility index (Phi) is 5.11. The molecule has 0 radical (unpaired) electrons. The number of aldehydes is 1. The number of carbonyl (C=O) groups is 2. The number of halogens is 1. The second-order valence-electron chi connectivity index (χ2n) is 6.47. The molecule has 28 heavy (non-hydrogen) atoms. The minimum Gasteiger partial charge on any atom is -0.480 e. The lowest BCUT2D eigenvalue weighted by Crippen LogP contribution is -2.20. The summed E-state index contributed by atoms with van der Waals surface area (Å²) >= 11 is 6.36. The van der Waals surface area contributed by atoms with Gasteiger partial charge in [0.15, 0.2) is 11.7 Å². The van der Waals surface area contributed by atoms with Gasteiger partial charge in [0.1, 0.15) is 6.54 Å². The molecule has 8 heteroatoms. The third kappa shape index (κ3) is 3.10. The van der Waals surface area contributed by atoms with Crippen molar-refractivity contribution in [1.29, 1.82) is 0 Å². The molecule has 7 nitrogen and oxygen atoms in total. The zero-order valence-electron chi connectivity index (χ0n) is 15.3. The third-order valence-corrected chi connectivity index (χ3v) is 4.84. The number of hydrogen-bond acceptors (Lipinski definition) is 5. The van der Waals surface area contributed by atoms with Crippen LogP contribution in [0.2, 0.25) is 5.02 Å². The van der Waals surface area contributed by atoms with Crippen molar-refractivity contribution < 1.29 is 14.7 Å². The van der Waals surface area contributed by atoms with E-state index in [4.69, 9.17) is 17.3 Å². The molecular weight excluding hydrogens is 382 g/mol. The minimum absolute atomic E-state index is 0.232. The number of benzene rings is 2. The first-order chi connectivity index (χ1) is 13.3. The summed E-state index contributed by atoms with van der Waals surface area (Å²) in [6, 6.07) is 7.98. The summed E-state index contributed by atoms with van der Waals surface area (Å²) in [5.41, 5.74) is 7.30. The number of aromatic nitrogens is 1. The number of anilines is 1. The summed E-state index contributed by atoms with van der Waals surface area (Å²) in [5.74, 6) is -1.08. The Labute approximate surface area is 165 Å². The van der Waals surface area contributed by atoms with Crippen LogP contribution in [0.5, 0.6) is 0 Å². The standard InChI is InChI=1S/C20H18ClN3O4/c1-23(2)19-15(21)6-5-14-18(19)24(9-17(26)27)16-7-11(12(8-22)10-25)3-4-13(16)20(14)28/h3-8,10H,9,22H2,1-2H3,(H,26,27)/b12-8+. The van der Waals surface area contributed by atoms with Crippen molar-refractivity contribution in [2.24, 2.45) is 5.73 Å². The van der Waals surface area contributed by atoms with E-state index in [1.165, 1.54) is 4.57 Å². The lowest BCUT2D eigenvalue weighted by molar-refractivity contribution is -0.137. The van der Waals surface area contributed by atoms with Crippen LogP contribution in [0.3, 0.4) is 0 Å². The highest BCUT2D eigenvalue weighted by Crippen LogP contribution is 2.34. The van der Waals surface area contributed by atoms with Crippen LogP contribution < -0.4 is 16.1 Å². The predicted octanol–water partition coefficient (Wildman–Crippen LogP) is 2.46. The van der Waals surface area contributed by atoms with E-state index >= 15 is 0 Å². The Morgan fingerprint density at radius 2 is 1.93 bits per heavy atom. The van der Waals surface area contributed by atoms with Crippen molar-refractivity contribution >= 4 is 56.9 Å². The number of hydrogen-bond donors (Lipinski definition) is 2. The quantitative estimate of drug-likeness (QED) is 0.388. The number of carboxylic acid groups (broad SMARTS) is 1. The van der Waals surface area contributed by atoms with Gasteiger partial charge in [0.05, 0.1) is 21.7 Å². The van der Waals surface area contributed by atoms with Gasteiger partial charge in [0, 0.05) is 36.6 Å². The van der Waals surface area contributed by atoms with E-state index in [1.807, 2.05) is 0 Å². The highest BCUT2D eigenvalue weighted by Gasteiger charge is 2.19. The van der Waals surface area contributed by atoms with Crippen LogP contribution >= 0.6 is 11.6 Å². The Hall–Kier alpha value is -3.32. The van der Waals surface area contributed by atoms with Gasteiger partial charge in [-0.05, 0) is 29.8 Å². The summed E-state index contributed by atoms with van der Waals surface area (Å²) in [6.07, 6.45) is 1.76. The van der Waals surface area contributed by atoms with Crippen molar-refractivity contribution in [1.82, 2.24) is 4.57 Å². The Balaban J connectivity index is 2.60. The summed E-state index contributed by atoms with van der Waals surface area (Å²) in [6.45, 7) is -0.388. The molecule has 3 aromatic rings. The summed E-state index contributed by atoms with van der Waals surface area (Å²) in [4.78, 5) is 37.7. The van der Waals surface area contributed by atoms with Crippen LogP contribution in [0.4, 0.5) is 5.69 Å². The van der Waals surface area contributed by atoms with Crippen LogP contribution in [0.25, 0.3) is 27.4 Å². The summed E-state index contributed by atoms with van der Waals surface area (Å²) < 4.78 is 1.53. The second kappa shape index (κ2) is 7.36. The lowest BCUT2D eigenvalue weighted by atomic mass is 10.0. The van der Waals surface area contributed by atoms with E-state index in [9.17, 15) is 19.5 Å². The van der Waals surface area contributed by atoms with E-state index in [-0.39, 0.29) is 17.5 Å². The molecule has 0 amide bonds. The first kappa shape index (κ1) is 19.4. The lowest BCUT2D eigenvalue weighted by Gasteiger charge is -2.22. The van der Waals surface area contributed by atoms with Crippen molar-refractivity contribution in [3.63, 3.8) is 0 Å². The van der Waals surface area contributed by atoms with Gasteiger partial charge in [0.25, 0.3) is 0 Å². The molecule has 144 valence electrons. The molecule has 0 fully saturated rings. The number of nitrogens with two attached hydrogens (primary N) is 1. The molecule has 1 aromatic heterocycles. The van der Waals surface area contributed by atoms with Crippen LogP contribution in [0.15, 0.2) is 41.3 Å². The average molecular weight is 400 g/mol. The average Bonchev–Trinajstić information content (AvgIpc) is 2.65. The molecule has 0 aliphatic carbocycles. The van der Waals surface area contributed by atoms with Gasteiger partial charge in [-0.25, -0.2) is 0 Å². The fraction of sp³-hybridized carbons (Fsp3) is 0.150. The number of rotatable bonds is 5. The van der Waals surface area contributed by atoms with Gasteiger partial charge in [-0.15, -0.1) is 0 Å². The summed E-state index contributed by atoms with van der Waals surface area (Å²) in [7, 11) is 3.52. The number of allylic oxidation sites excluding steroid dienone is 1. The van der Waals surface area contributed by atoms with Gasteiger partial charge in [0.2, 0.25) is 0 Å². The largest absolute Gasteiger partial charge is 0.480 e. The van der Waals surface area contributed by atoms with Crippen molar-refractivity contribution in [3.05, 3.63) is 57.3 Å². The van der Waals surface area contributed by atoms with Crippen molar-refractivity contribution in [3.8, 4) is 0 Å². The molecule has 0 spiro atoms. The van der Waals surface area contributed by atoms with E-state index in [0.29, 0.717) is 44.4 Å². The first-order valence-corrected chi connectivity index (χ1v) is 8.73. The molecular formula is C20H18ClN3O4. The zero-order chi connectivity index (χ0) is 20.6. The van der Waals surface area contributed by atoms with Crippen LogP contribution in [0, 0.1) is 0 Å². The van der Waals surface area contributed by atoms with E-state index in [1.54, 1.807) is 49.3 Å². The predicted molar refractivity (Wildman–Crippen MR) is 111 cm³/mol. The molecule has 1 heterocycles. The normalized spacial score (nSPS) is 11.8. The Bertz CT molecular complexity index is 1210. The fourth-order valence-corrected chi connectivity index (χ4v) is 3.65. The monoisotopic (exact) mass is 399 g/mol. The smallest absolute Gasteiger partial charge is 0.323 e. The molecule has 0 saturated heterocycles. The molecule has 0 saturated carbocycles. The second-order valence-corrected chi connectivity index (χ2v) is 6.87. The number of nitrogens with zero attached hydrogens (tertiary/aromatic N) is 2. The number of carbonyl (C=O) groups excluding carboxylic acids is 1. The molecule has 3 N–H and O–H groups in total. The molecule has 0 aliphatic heterocycles. The van der Waals surface area contributed by atoms with Crippen molar-refractivity contribution in [2.75, 3.05) is 19.0 Å². The van der Waals surface area contributed by atoms with E-state index in [2.05, 4.69) is 0 Å². The maximum atomic E-state index is 13.1. The molecule has 3 rings (SSSR count). The molecule has 2 aromatic carbocycles. The van der Waals surface area contributed by atoms with Gasteiger partial charge >= 0.3 is 5.97 Å². The number of aliphatic carboxylic acids is 1. The van der Waals surface area contributed by atoms with Gasteiger partial charge in [-0.2, -0.15) is 0 Å². The number of carboxylic acids is 1. The fourth-order valence-electron chi connectivity index (χ4n) is 3.33.